The van der Waals surface area contributed by atoms with E-state index in [1.807, 2.05) is 24.3 Å². The number of rotatable bonds is 0. The first kappa shape index (κ1) is 22.8. The summed E-state index contributed by atoms with van der Waals surface area (Å²) in [5, 5.41) is 38.0. The average Bonchev–Trinajstić information content (AvgIpc) is 2.87. The van der Waals surface area contributed by atoms with Gasteiger partial charge in [-0.15, -0.1) is 0 Å². The van der Waals surface area contributed by atoms with E-state index in [4.69, 9.17) is 26.3 Å². The molecule has 0 saturated heterocycles. The predicted molar refractivity (Wildman–Crippen MR) is 121 cm³/mol. The zero-order valence-corrected chi connectivity index (χ0v) is 17.6. The van der Waals surface area contributed by atoms with Crippen LogP contribution in [0, 0.1) is 71.6 Å². The lowest BCUT2D eigenvalue weighted by Gasteiger charge is -2.29. The third kappa shape index (κ3) is 3.55. The molecule has 0 aromatic heterocycles. The summed E-state index contributed by atoms with van der Waals surface area (Å²) in [5.74, 6) is 0. The van der Waals surface area contributed by atoms with E-state index >= 15 is 0 Å². The smallest absolute Gasteiger partial charge is 0.226 e. The van der Waals surface area contributed by atoms with Gasteiger partial charge in [-0.05, 0) is 82.4 Å². The van der Waals surface area contributed by atoms with Crippen molar-refractivity contribution in [2.45, 2.75) is 25.7 Å². The summed E-state index contributed by atoms with van der Waals surface area (Å²) in [4.78, 5) is 13.3. The van der Waals surface area contributed by atoms with Gasteiger partial charge in [-0.2, -0.15) is 0 Å². The van der Waals surface area contributed by atoms with Crippen LogP contribution >= 0.6 is 0 Å². The Morgan fingerprint density at radius 1 is 0.500 bits per heavy atom. The van der Waals surface area contributed by atoms with Gasteiger partial charge in [-0.3, -0.25) is 0 Å². The fourth-order valence-electron chi connectivity index (χ4n) is 4.26. The zero-order chi connectivity index (χ0) is 24.8. The van der Waals surface area contributed by atoms with E-state index in [-0.39, 0.29) is 48.5 Å². The SMILES string of the molecule is [C-]#[N+]/C(C#N)=C1/CC/C(=C(\C#N)[N+]#[C-])c2cc3c(cc21)/C(=C(\C#N)[N+]#[C-])CC/C3=C(/C#N)[N+]#[C-]. The van der Waals surface area contributed by atoms with Gasteiger partial charge in [0.15, 0.2) is 0 Å². The number of hydrogen-bond acceptors (Lipinski definition) is 4. The Balaban J connectivity index is 2.62. The number of fused-ring (bicyclic) bond motifs is 2. The molecular weight excluding hydrogens is 424 g/mol. The van der Waals surface area contributed by atoms with Gasteiger partial charge in [-0.1, -0.05) is 0 Å². The highest BCUT2D eigenvalue weighted by molar-refractivity contribution is 5.96. The number of allylic oxidation sites excluding steroid dienone is 8. The van der Waals surface area contributed by atoms with Crippen molar-refractivity contribution in [2.24, 2.45) is 0 Å². The molecule has 1 aromatic carbocycles. The maximum absolute atomic E-state index is 9.50. The van der Waals surface area contributed by atoms with Crippen LogP contribution < -0.4 is 0 Å². The topological polar surface area (TPSA) is 113 Å². The van der Waals surface area contributed by atoms with Crippen LogP contribution in [0.2, 0.25) is 0 Å². The Morgan fingerprint density at radius 2 is 0.706 bits per heavy atom. The van der Waals surface area contributed by atoms with Crippen LogP contribution in [-0.4, -0.2) is 0 Å². The number of nitriles is 4. The Kier molecular flexibility index (Phi) is 6.36. The van der Waals surface area contributed by atoms with E-state index in [1.165, 1.54) is 0 Å². The lowest BCUT2D eigenvalue weighted by molar-refractivity contribution is 1.02. The Morgan fingerprint density at radius 3 is 0.853 bits per heavy atom. The molecule has 0 heterocycles. The molecule has 0 radical (unpaired) electrons. The Labute approximate surface area is 196 Å². The minimum absolute atomic E-state index is 0.122. The summed E-state index contributed by atoms with van der Waals surface area (Å²) in [6.45, 7) is 29.6. The molecule has 1 aromatic rings. The second-order valence-corrected chi connectivity index (χ2v) is 7.15. The highest BCUT2D eigenvalue weighted by Gasteiger charge is 2.30. The van der Waals surface area contributed by atoms with Crippen LogP contribution in [0.5, 0.6) is 0 Å². The summed E-state index contributed by atoms with van der Waals surface area (Å²) in [6, 6.07) is 10.9. The van der Waals surface area contributed by atoms with Crippen molar-refractivity contribution in [1.29, 1.82) is 21.0 Å². The molecular formula is C26H10N8. The van der Waals surface area contributed by atoms with E-state index in [2.05, 4.69) is 19.4 Å². The molecule has 0 N–H and O–H groups in total. The molecule has 2 aliphatic rings. The molecule has 0 unspecified atom stereocenters. The van der Waals surface area contributed by atoms with E-state index in [9.17, 15) is 21.0 Å². The van der Waals surface area contributed by atoms with Crippen LogP contribution in [0.1, 0.15) is 47.9 Å². The van der Waals surface area contributed by atoms with Gasteiger partial charge < -0.3 is 0 Å². The number of benzene rings is 1. The first-order valence-corrected chi connectivity index (χ1v) is 9.75. The molecule has 154 valence electrons. The highest BCUT2D eigenvalue weighted by atomic mass is 14.7. The van der Waals surface area contributed by atoms with E-state index in [0.29, 0.717) is 44.5 Å². The van der Waals surface area contributed by atoms with Crippen molar-refractivity contribution < 1.29 is 0 Å². The normalized spacial score (nSPS) is 19.3. The minimum atomic E-state index is -0.122. The molecule has 0 atom stereocenters. The van der Waals surface area contributed by atoms with Crippen LogP contribution in [0.15, 0.2) is 34.9 Å². The van der Waals surface area contributed by atoms with Crippen molar-refractivity contribution in [3.63, 3.8) is 0 Å². The molecule has 0 amide bonds. The zero-order valence-electron chi connectivity index (χ0n) is 17.6. The van der Waals surface area contributed by atoms with E-state index < -0.39 is 0 Å². The van der Waals surface area contributed by atoms with Crippen LogP contribution in [0.3, 0.4) is 0 Å². The summed E-state index contributed by atoms with van der Waals surface area (Å²) < 4.78 is 0. The molecule has 8 heteroatoms. The van der Waals surface area contributed by atoms with E-state index in [1.54, 1.807) is 12.1 Å². The summed E-state index contributed by atoms with van der Waals surface area (Å²) in [7, 11) is 0. The fraction of sp³-hybridized carbons (Fsp3) is 0.154. The molecule has 3 rings (SSSR count). The van der Waals surface area contributed by atoms with Crippen molar-refractivity contribution in [1.82, 2.24) is 0 Å². The van der Waals surface area contributed by atoms with E-state index in [0.717, 1.165) is 0 Å². The molecule has 34 heavy (non-hydrogen) atoms. The summed E-state index contributed by atoms with van der Waals surface area (Å²) >= 11 is 0. The van der Waals surface area contributed by atoms with Crippen LogP contribution in [-0.2, 0) is 0 Å². The average molecular weight is 434 g/mol. The predicted octanol–water partition coefficient (Wildman–Crippen LogP) is 5.89. The van der Waals surface area contributed by atoms with Crippen molar-refractivity contribution in [3.05, 3.63) is 103 Å². The van der Waals surface area contributed by atoms with Gasteiger partial charge in [-0.25, -0.2) is 40.4 Å². The summed E-state index contributed by atoms with van der Waals surface area (Å²) in [6.07, 6.45) is 1.03. The maximum atomic E-state index is 9.50. The molecule has 8 nitrogen and oxygen atoms in total. The van der Waals surface area contributed by atoms with Gasteiger partial charge in [0, 0.05) is 0 Å². The third-order valence-corrected chi connectivity index (χ3v) is 5.72. The van der Waals surface area contributed by atoms with Gasteiger partial charge in [0.1, 0.15) is 0 Å². The van der Waals surface area contributed by atoms with Crippen LogP contribution in [0.25, 0.3) is 41.7 Å². The van der Waals surface area contributed by atoms with Gasteiger partial charge in [0.25, 0.3) is 22.8 Å². The quantitative estimate of drug-likeness (QED) is 0.374. The molecule has 0 bridgehead atoms. The monoisotopic (exact) mass is 434 g/mol. The van der Waals surface area contributed by atoms with Gasteiger partial charge >= 0.3 is 0 Å². The Bertz CT molecular complexity index is 1310. The third-order valence-electron chi connectivity index (χ3n) is 5.72. The van der Waals surface area contributed by atoms with Crippen LogP contribution in [0.4, 0.5) is 0 Å². The van der Waals surface area contributed by atoms with Gasteiger partial charge in [0.2, 0.25) is 0 Å². The van der Waals surface area contributed by atoms with Crippen molar-refractivity contribution in [3.8, 4) is 24.3 Å². The lowest BCUT2D eigenvalue weighted by Crippen LogP contribution is -2.11. The molecule has 0 aliphatic heterocycles. The van der Waals surface area contributed by atoms with Crippen molar-refractivity contribution in [2.75, 3.05) is 0 Å². The molecule has 0 spiro atoms. The first-order chi connectivity index (χ1) is 16.5. The lowest BCUT2D eigenvalue weighted by atomic mass is 9.75. The largest absolute Gasteiger partial charge is 0.265 e. The first-order valence-electron chi connectivity index (χ1n) is 9.75. The fourth-order valence-corrected chi connectivity index (χ4v) is 4.26. The second-order valence-electron chi connectivity index (χ2n) is 7.15. The Hall–Kier alpha value is -5.90. The minimum Gasteiger partial charge on any atom is -0.226 e. The standard InChI is InChI=1S/C26H10N8/c1-31-23(11-27)15-5-6-16(24(12-28)32-2)20-10-22-18(26(14-30)34-4)8-7-17(25(13-29)33-3)21(22)9-19(15)20/h9-10H,5-8H2/b23-15-,24-16-,25-17+,26-18+. The highest BCUT2D eigenvalue weighted by Crippen LogP contribution is 2.48. The van der Waals surface area contributed by atoms with Gasteiger partial charge in [0.05, 0.1) is 50.6 Å². The molecule has 0 fully saturated rings. The maximum Gasteiger partial charge on any atom is 0.265 e. The summed E-state index contributed by atoms with van der Waals surface area (Å²) in [5.41, 5.74) is 3.16. The second kappa shape index (κ2) is 9.49. The number of nitrogens with zero attached hydrogens (tertiary/aromatic N) is 8. The molecule has 2 aliphatic carbocycles. The van der Waals surface area contributed by atoms with Crippen molar-refractivity contribution >= 4 is 22.3 Å². The molecule has 0 saturated carbocycles. The number of hydrogen-bond donors (Lipinski definition) is 0.